The van der Waals surface area contributed by atoms with Crippen LogP contribution in [0.5, 0.6) is 0 Å². The van der Waals surface area contributed by atoms with Crippen molar-refractivity contribution in [2.24, 2.45) is 5.29 Å². The molecule has 2 aromatic carbocycles. The van der Waals surface area contributed by atoms with Crippen LogP contribution in [0.25, 0.3) is 0 Å². The predicted molar refractivity (Wildman–Crippen MR) is 92.0 cm³/mol. The summed E-state index contributed by atoms with van der Waals surface area (Å²) in [6, 6.07) is 14.8. The lowest BCUT2D eigenvalue weighted by atomic mass is 9.98. The Morgan fingerprint density at radius 3 is 2.45 bits per heavy atom. The molecule has 0 amide bonds. The third-order valence-electron chi connectivity index (χ3n) is 3.36. The van der Waals surface area contributed by atoms with E-state index in [2.05, 4.69) is 11.9 Å². The van der Waals surface area contributed by atoms with Crippen LogP contribution in [0.1, 0.15) is 17.2 Å². The van der Waals surface area contributed by atoms with Crippen molar-refractivity contribution < 1.29 is 0 Å². The lowest BCUT2D eigenvalue weighted by Gasteiger charge is -2.26. The van der Waals surface area contributed by atoms with Gasteiger partial charge >= 0.3 is 0 Å². The summed E-state index contributed by atoms with van der Waals surface area (Å²) in [5.74, 6) is 0. The minimum atomic E-state index is -0.213. The van der Waals surface area contributed by atoms with Crippen molar-refractivity contribution in [2.45, 2.75) is 12.5 Å². The fourth-order valence-corrected chi connectivity index (χ4v) is 2.63. The van der Waals surface area contributed by atoms with Crippen molar-refractivity contribution in [3.8, 4) is 0 Å². The van der Waals surface area contributed by atoms with Crippen LogP contribution in [0.3, 0.4) is 0 Å². The lowest BCUT2D eigenvalue weighted by Crippen LogP contribution is -2.25. The maximum atomic E-state index is 11.2. The summed E-state index contributed by atoms with van der Waals surface area (Å²) >= 11 is 12.0. The zero-order valence-electron chi connectivity index (χ0n) is 12.0. The molecule has 0 heterocycles. The van der Waals surface area contributed by atoms with E-state index in [1.54, 1.807) is 12.1 Å². The Kier molecular flexibility index (Phi) is 5.99. The first-order valence-corrected chi connectivity index (χ1v) is 7.60. The highest BCUT2D eigenvalue weighted by atomic mass is 35.5. The van der Waals surface area contributed by atoms with Crippen LogP contribution in [0.2, 0.25) is 10.0 Å². The highest BCUT2D eigenvalue weighted by Crippen LogP contribution is 2.28. The van der Waals surface area contributed by atoms with Crippen LogP contribution < -0.4 is 0 Å². The van der Waals surface area contributed by atoms with Crippen molar-refractivity contribution in [3.63, 3.8) is 0 Å². The molecule has 0 fully saturated rings. The van der Waals surface area contributed by atoms with Crippen molar-refractivity contribution in [1.82, 2.24) is 5.01 Å². The van der Waals surface area contributed by atoms with E-state index in [4.69, 9.17) is 23.2 Å². The molecule has 2 rings (SSSR count). The van der Waals surface area contributed by atoms with Gasteiger partial charge in [-0.25, -0.2) is 5.01 Å². The van der Waals surface area contributed by atoms with Crippen LogP contribution in [-0.4, -0.2) is 11.6 Å². The number of nitrogens with zero attached hydrogens (tertiary/aromatic N) is 2. The molecule has 0 aliphatic rings. The molecule has 0 saturated carbocycles. The smallest absolute Gasteiger partial charge is 0.0796 e. The molecule has 0 aliphatic heterocycles. The Hall–Kier alpha value is -1.84. The highest BCUT2D eigenvalue weighted by molar-refractivity contribution is 6.30. The van der Waals surface area contributed by atoms with Gasteiger partial charge in [0.25, 0.3) is 0 Å². The van der Waals surface area contributed by atoms with Crippen LogP contribution in [0.4, 0.5) is 0 Å². The molecule has 1 unspecified atom stereocenters. The van der Waals surface area contributed by atoms with Gasteiger partial charge in [0.05, 0.1) is 17.9 Å². The normalized spacial score (nSPS) is 11.7. The highest BCUT2D eigenvalue weighted by Gasteiger charge is 2.20. The number of halogens is 2. The summed E-state index contributed by atoms with van der Waals surface area (Å²) in [4.78, 5) is 11.2. The zero-order chi connectivity index (χ0) is 15.9. The van der Waals surface area contributed by atoms with Crippen LogP contribution in [-0.2, 0) is 6.42 Å². The molecule has 3 nitrogen and oxygen atoms in total. The van der Waals surface area contributed by atoms with E-state index >= 15 is 0 Å². The van der Waals surface area contributed by atoms with Gasteiger partial charge in [0.1, 0.15) is 0 Å². The lowest BCUT2D eigenvalue weighted by molar-refractivity contribution is 0.224. The molecule has 0 radical (unpaired) electrons. The molecule has 0 bridgehead atoms. The van der Waals surface area contributed by atoms with Gasteiger partial charge in [0.2, 0.25) is 0 Å². The van der Waals surface area contributed by atoms with Crippen molar-refractivity contribution in [3.05, 3.63) is 87.3 Å². The van der Waals surface area contributed by atoms with Crippen LogP contribution >= 0.6 is 23.2 Å². The van der Waals surface area contributed by atoms with E-state index in [9.17, 15) is 4.91 Å². The fraction of sp³-hybridized carbons (Fsp3) is 0.176. The molecule has 0 spiro atoms. The van der Waals surface area contributed by atoms with E-state index in [-0.39, 0.29) is 6.04 Å². The van der Waals surface area contributed by atoms with Gasteiger partial charge in [0, 0.05) is 10.0 Å². The first-order valence-electron chi connectivity index (χ1n) is 6.84. The van der Waals surface area contributed by atoms with E-state index < -0.39 is 0 Å². The molecule has 22 heavy (non-hydrogen) atoms. The molecule has 0 aromatic heterocycles. The monoisotopic (exact) mass is 334 g/mol. The van der Waals surface area contributed by atoms with Gasteiger partial charge < -0.3 is 0 Å². The van der Waals surface area contributed by atoms with Crippen molar-refractivity contribution in [1.29, 1.82) is 0 Å². The van der Waals surface area contributed by atoms with Gasteiger partial charge in [-0.2, -0.15) is 0 Å². The molecule has 5 heteroatoms. The van der Waals surface area contributed by atoms with E-state index in [1.165, 1.54) is 5.01 Å². The summed E-state index contributed by atoms with van der Waals surface area (Å²) in [6.45, 7) is 4.05. The zero-order valence-corrected chi connectivity index (χ0v) is 13.5. The van der Waals surface area contributed by atoms with Gasteiger partial charge in [-0.3, -0.25) is 0 Å². The predicted octanol–water partition coefficient (Wildman–Crippen LogP) is 5.45. The minimum Gasteiger partial charge on any atom is -0.249 e. The average molecular weight is 335 g/mol. The van der Waals surface area contributed by atoms with E-state index in [0.717, 1.165) is 11.1 Å². The minimum absolute atomic E-state index is 0.213. The number of rotatable bonds is 7. The maximum Gasteiger partial charge on any atom is 0.0796 e. The first kappa shape index (κ1) is 16.5. The molecule has 114 valence electrons. The first-order chi connectivity index (χ1) is 10.6. The van der Waals surface area contributed by atoms with Crippen LogP contribution in [0.15, 0.2) is 66.5 Å². The summed E-state index contributed by atoms with van der Waals surface area (Å²) in [5.41, 5.74) is 2.00. The van der Waals surface area contributed by atoms with Gasteiger partial charge in [0.15, 0.2) is 0 Å². The second-order valence-electron chi connectivity index (χ2n) is 4.89. The Balaban J connectivity index is 2.33. The number of nitroso groups, excluding NO2 is 1. The van der Waals surface area contributed by atoms with Crippen molar-refractivity contribution in [2.75, 3.05) is 6.54 Å². The summed E-state index contributed by atoms with van der Waals surface area (Å²) < 4.78 is 0. The Morgan fingerprint density at radius 1 is 1.14 bits per heavy atom. The molecule has 0 saturated heterocycles. The second kappa shape index (κ2) is 7.97. The maximum absolute atomic E-state index is 11.2. The van der Waals surface area contributed by atoms with Crippen molar-refractivity contribution >= 4 is 23.2 Å². The SMILES string of the molecule is C=CCN(N=O)C(Cc1ccc(Cl)cc1)c1cccc(Cl)c1. The largest absolute Gasteiger partial charge is 0.249 e. The molecular weight excluding hydrogens is 319 g/mol. The molecule has 0 N–H and O–H groups in total. The second-order valence-corrected chi connectivity index (χ2v) is 5.77. The van der Waals surface area contributed by atoms with Gasteiger partial charge in [-0.05, 0) is 41.8 Å². The number of hydrogen-bond acceptors (Lipinski definition) is 2. The number of benzene rings is 2. The Morgan fingerprint density at radius 2 is 1.86 bits per heavy atom. The standard InChI is InChI=1S/C17H16Cl2N2O/c1-2-10-21(20-22)17(14-4-3-5-16(19)12-14)11-13-6-8-15(18)9-7-13/h2-9,12,17H,1,10-11H2. The summed E-state index contributed by atoms with van der Waals surface area (Å²) in [6.07, 6.45) is 2.28. The molecule has 1 atom stereocenters. The van der Waals surface area contributed by atoms with Gasteiger partial charge in [-0.15, -0.1) is 11.5 Å². The summed E-state index contributed by atoms with van der Waals surface area (Å²) in [5, 5.41) is 5.91. The molecule has 0 aliphatic carbocycles. The number of hydrogen-bond donors (Lipinski definition) is 0. The Bertz CT molecular complexity index is 643. The topological polar surface area (TPSA) is 32.7 Å². The van der Waals surface area contributed by atoms with Gasteiger partial charge in [-0.1, -0.05) is 53.5 Å². The van der Waals surface area contributed by atoms with E-state index in [1.807, 2.05) is 42.5 Å². The van der Waals surface area contributed by atoms with Crippen LogP contribution in [0, 0.1) is 4.91 Å². The summed E-state index contributed by atoms with van der Waals surface area (Å²) in [7, 11) is 0. The molecular formula is C17H16Cl2N2O. The molecule has 2 aromatic rings. The third-order valence-corrected chi connectivity index (χ3v) is 3.84. The average Bonchev–Trinajstić information content (AvgIpc) is 2.52. The fourth-order valence-electron chi connectivity index (χ4n) is 2.30. The quantitative estimate of drug-likeness (QED) is 0.383. The Labute approximate surface area is 140 Å². The third kappa shape index (κ3) is 4.33. The van der Waals surface area contributed by atoms with E-state index in [0.29, 0.717) is 23.0 Å².